The number of amides is 1. The number of furan rings is 1. The van der Waals surface area contributed by atoms with Crippen molar-refractivity contribution in [2.75, 3.05) is 0 Å². The first-order chi connectivity index (χ1) is 8.15. The fourth-order valence-electron chi connectivity index (χ4n) is 1.45. The number of hydrogen-bond donors (Lipinski definition) is 1. The van der Waals surface area contributed by atoms with Crippen LogP contribution < -0.4 is 5.32 Å². The molecule has 0 unspecified atom stereocenters. The Bertz CT molecular complexity index is 516. The minimum Gasteiger partial charge on any atom is -0.469 e. The highest BCUT2D eigenvalue weighted by molar-refractivity contribution is 9.10. The molecule has 88 valence electrons. The van der Waals surface area contributed by atoms with Crippen molar-refractivity contribution < 1.29 is 9.21 Å². The van der Waals surface area contributed by atoms with E-state index in [2.05, 4.69) is 21.2 Å². The molecule has 17 heavy (non-hydrogen) atoms. The standard InChI is InChI=1S/C13H12BrNO2/c1-9-6-11(8-17-9)13(16)15-7-10-2-4-12(14)5-3-10/h2-6,8H,7H2,1H3,(H,15,16). The monoisotopic (exact) mass is 293 g/mol. The number of rotatable bonds is 3. The van der Waals surface area contributed by atoms with Gasteiger partial charge in [0.15, 0.2) is 0 Å². The third kappa shape index (κ3) is 3.20. The van der Waals surface area contributed by atoms with Crippen molar-refractivity contribution in [3.05, 3.63) is 58.0 Å². The van der Waals surface area contributed by atoms with E-state index in [-0.39, 0.29) is 5.91 Å². The van der Waals surface area contributed by atoms with Gasteiger partial charge in [-0.15, -0.1) is 0 Å². The van der Waals surface area contributed by atoms with Gasteiger partial charge in [0, 0.05) is 11.0 Å². The molecule has 4 heteroatoms. The molecule has 1 aromatic carbocycles. The first-order valence-corrected chi connectivity index (χ1v) is 6.02. The summed E-state index contributed by atoms with van der Waals surface area (Å²) in [4.78, 5) is 11.7. The molecular weight excluding hydrogens is 282 g/mol. The first kappa shape index (κ1) is 11.9. The predicted molar refractivity (Wildman–Crippen MR) is 68.8 cm³/mol. The minimum absolute atomic E-state index is 0.121. The van der Waals surface area contributed by atoms with E-state index >= 15 is 0 Å². The van der Waals surface area contributed by atoms with Gasteiger partial charge in [-0.1, -0.05) is 28.1 Å². The van der Waals surface area contributed by atoms with E-state index in [0.29, 0.717) is 12.1 Å². The van der Waals surface area contributed by atoms with Gasteiger partial charge < -0.3 is 9.73 Å². The summed E-state index contributed by atoms with van der Waals surface area (Å²) in [7, 11) is 0. The molecule has 3 nitrogen and oxygen atoms in total. The van der Waals surface area contributed by atoms with Crippen LogP contribution in [0.3, 0.4) is 0 Å². The van der Waals surface area contributed by atoms with Gasteiger partial charge in [-0.25, -0.2) is 0 Å². The molecule has 0 radical (unpaired) electrons. The Balaban J connectivity index is 1.94. The lowest BCUT2D eigenvalue weighted by Crippen LogP contribution is -2.22. The van der Waals surface area contributed by atoms with E-state index in [4.69, 9.17) is 4.42 Å². The zero-order valence-electron chi connectivity index (χ0n) is 9.37. The van der Waals surface area contributed by atoms with Gasteiger partial charge in [-0.3, -0.25) is 4.79 Å². The zero-order valence-corrected chi connectivity index (χ0v) is 11.0. The van der Waals surface area contributed by atoms with Gasteiger partial charge in [0.2, 0.25) is 0 Å². The number of halogens is 1. The van der Waals surface area contributed by atoms with Crippen molar-refractivity contribution in [1.29, 1.82) is 0 Å². The van der Waals surface area contributed by atoms with Crippen molar-refractivity contribution in [3.8, 4) is 0 Å². The Morgan fingerprint density at radius 3 is 2.65 bits per heavy atom. The maximum absolute atomic E-state index is 11.7. The van der Waals surface area contributed by atoms with Gasteiger partial charge >= 0.3 is 0 Å². The first-order valence-electron chi connectivity index (χ1n) is 5.23. The van der Waals surface area contributed by atoms with Gasteiger partial charge in [0.05, 0.1) is 5.56 Å². The fraction of sp³-hybridized carbons (Fsp3) is 0.154. The third-order valence-corrected chi connectivity index (χ3v) is 2.89. The van der Waals surface area contributed by atoms with Crippen LogP contribution in [-0.2, 0) is 6.54 Å². The Hall–Kier alpha value is -1.55. The number of hydrogen-bond acceptors (Lipinski definition) is 2. The molecule has 0 spiro atoms. The Morgan fingerprint density at radius 1 is 1.35 bits per heavy atom. The van der Waals surface area contributed by atoms with Crippen LogP contribution in [0.25, 0.3) is 0 Å². The van der Waals surface area contributed by atoms with Gasteiger partial charge in [0.1, 0.15) is 12.0 Å². The molecule has 0 aliphatic rings. The summed E-state index contributed by atoms with van der Waals surface area (Å²) in [6.07, 6.45) is 1.46. The summed E-state index contributed by atoms with van der Waals surface area (Å²) >= 11 is 3.37. The molecule has 0 fully saturated rings. The van der Waals surface area contributed by atoms with E-state index in [1.807, 2.05) is 31.2 Å². The maximum Gasteiger partial charge on any atom is 0.254 e. The third-order valence-electron chi connectivity index (χ3n) is 2.36. The van der Waals surface area contributed by atoms with Gasteiger partial charge in [-0.05, 0) is 30.7 Å². The molecule has 0 saturated carbocycles. The number of aryl methyl sites for hydroxylation is 1. The summed E-state index contributed by atoms with van der Waals surface area (Å²) in [5, 5.41) is 2.83. The second-order valence-corrected chi connectivity index (χ2v) is 4.67. The second kappa shape index (κ2) is 5.19. The van der Waals surface area contributed by atoms with Crippen LogP contribution in [0.5, 0.6) is 0 Å². The van der Waals surface area contributed by atoms with E-state index < -0.39 is 0 Å². The normalized spacial score (nSPS) is 10.2. The molecular formula is C13H12BrNO2. The minimum atomic E-state index is -0.121. The largest absolute Gasteiger partial charge is 0.469 e. The summed E-state index contributed by atoms with van der Waals surface area (Å²) in [6.45, 7) is 2.32. The molecule has 0 saturated heterocycles. The van der Waals surface area contributed by atoms with Crippen LogP contribution >= 0.6 is 15.9 Å². The van der Waals surface area contributed by atoms with E-state index in [0.717, 1.165) is 15.8 Å². The van der Waals surface area contributed by atoms with E-state index in [1.165, 1.54) is 6.26 Å². The molecule has 0 bridgehead atoms. The highest BCUT2D eigenvalue weighted by Crippen LogP contribution is 2.11. The number of carbonyl (C=O) groups excluding carboxylic acids is 1. The highest BCUT2D eigenvalue weighted by Gasteiger charge is 2.07. The molecule has 0 aliphatic carbocycles. The lowest BCUT2D eigenvalue weighted by atomic mass is 10.2. The Kier molecular flexibility index (Phi) is 3.64. The van der Waals surface area contributed by atoms with Crippen LogP contribution in [0.15, 0.2) is 45.5 Å². The Morgan fingerprint density at radius 2 is 2.06 bits per heavy atom. The van der Waals surface area contributed by atoms with Crippen LogP contribution in [0.4, 0.5) is 0 Å². The average molecular weight is 294 g/mol. The highest BCUT2D eigenvalue weighted by atomic mass is 79.9. The predicted octanol–water partition coefficient (Wildman–Crippen LogP) is 3.28. The van der Waals surface area contributed by atoms with Crippen LogP contribution in [0.1, 0.15) is 21.7 Å². The van der Waals surface area contributed by atoms with Crippen molar-refractivity contribution in [2.45, 2.75) is 13.5 Å². The lowest BCUT2D eigenvalue weighted by molar-refractivity contribution is 0.0950. The van der Waals surface area contributed by atoms with Crippen molar-refractivity contribution in [1.82, 2.24) is 5.32 Å². The average Bonchev–Trinajstić information content (AvgIpc) is 2.75. The van der Waals surface area contributed by atoms with E-state index in [9.17, 15) is 4.79 Å². The lowest BCUT2D eigenvalue weighted by Gasteiger charge is -2.03. The zero-order chi connectivity index (χ0) is 12.3. The van der Waals surface area contributed by atoms with E-state index in [1.54, 1.807) is 6.07 Å². The summed E-state index contributed by atoms with van der Waals surface area (Å²) < 4.78 is 6.11. The molecule has 2 aromatic rings. The molecule has 1 amide bonds. The SMILES string of the molecule is Cc1cc(C(=O)NCc2ccc(Br)cc2)co1. The van der Waals surface area contributed by atoms with Crippen LogP contribution in [-0.4, -0.2) is 5.91 Å². The van der Waals surface area contributed by atoms with Crippen molar-refractivity contribution in [3.63, 3.8) is 0 Å². The van der Waals surface area contributed by atoms with Crippen LogP contribution in [0.2, 0.25) is 0 Å². The summed E-state index contributed by atoms with van der Waals surface area (Å²) in [5.74, 6) is 0.614. The molecule has 1 N–H and O–H groups in total. The number of carbonyl (C=O) groups is 1. The number of benzene rings is 1. The smallest absolute Gasteiger partial charge is 0.254 e. The summed E-state index contributed by atoms with van der Waals surface area (Å²) in [5.41, 5.74) is 1.61. The molecule has 1 heterocycles. The molecule has 0 aliphatic heterocycles. The topological polar surface area (TPSA) is 42.2 Å². The van der Waals surface area contributed by atoms with Crippen molar-refractivity contribution in [2.24, 2.45) is 0 Å². The number of nitrogens with one attached hydrogen (secondary N) is 1. The van der Waals surface area contributed by atoms with Crippen LogP contribution in [0, 0.1) is 6.92 Å². The second-order valence-electron chi connectivity index (χ2n) is 3.76. The quantitative estimate of drug-likeness (QED) is 0.944. The maximum atomic E-state index is 11.7. The van der Waals surface area contributed by atoms with Crippen molar-refractivity contribution >= 4 is 21.8 Å². The Labute approximate surface area is 108 Å². The summed E-state index contributed by atoms with van der Waals surface area (Å²) in [6, 6.07) is 9.54. The van der Waals surface area contributed by atoms with Gasteiger partial charge in [0.25, 0.3) is 5.91 Å². The molecule has 1 aromatic heterocycles. The molecule has 2 rings (SSSR count). The van der Waals surface area contributed by atoms with Gasteiger partial charge in [-0.2, -0.15) is 0 Å². The fourth-order valence-corrected chi connectivity index (χ4v) is 1.71. The molecule has 0 atom stereocenters.